The number of hydrogen-bond acceptors (Lipinski definition) is 7. The molecule has 9 nitrogen and oxygen atoms in total. The highest BCUT2D eigenvalue weighted by atomic mass is 16.5. The molecule has 9 heteroatoms. The number of nitrogens with one attached hydrogen (secondary N) is 2. The Morgan fingerprint density at radius 1 is 1.17 bits per heavy atom. The largest absolute Gasteiger partial charge is 0.497 e. The van der Waals surface area contributed by atoms with Crippen molar-refractivity contribution in [2.75, 3.05) is 32.1 Å². The summed E-state index contributed by atoms with van der Waals surface area (Å²) in [5, 5.41) is 11.2. The van der Waals surface area contributed by atoms with Crippen molar-refractivity contribution in [1.82, 2.24) is 4.90 Å². The van der Waals surface area contributed by atoms with Crippen LogP contribution in [0.15, 0.2) is 35.5 Å². The molecule has 0 aliphatic carbocycles. The van der Waals surface area contributed by atoms with E-state index in [1.165, 1.54) is 6.92 Å². The number of primary amides is 1. The van der Waals surface area contributed by atoms with Crippen molar-refractivity contribution >= 4 is 29.7 Å². The molecular formula is C21H30N4O5. The first-order chi connectivity index (χ1) is 14.3. The summed E-state index contributed by atoms with van der Waals surface area (Å²) in [6.45, 7) is 4.21. The molecule has 0 aliphatic rings. The van der Waals surface area contributed by atoms with Crippen LogP contribution in [-0.2, 0) is 19.1 Å². The van der Waals surface area contributed by atoms with E-state index in [0.29, 0.717) is 56.0 Å². The van der Waals surface area contributed by atoms with Gasteiger partial charge in [0.05, 0.1) is 13.7 Å². The zero-order valence-corrected chi connectivity index (χ0v) is 17.7. The molecule has 0 radical (unpaired) electrons. The highest BCUT2D eigenvalue weighted by Crippen LogP contribution is 2.19. The standard InChI is InChI=1S/C21H30N4O5/c1-15(24-17-6-8-18(29-3)9-7-17)19(20(22)21(23)28)10-12-25(14-26)11-4-5-13-30-16(2)27/h6-9,14,22,24H,4-5,10-13H2,1-3H3,(H2,23,28)/b19-15-,22-20?. The number of ether oxygens (including phenoxy) is 2. The lowest BCUT2D eigenvalue weighted by molar-refractivity contribution is -0.141. The maximum Gasteiger partial charge on any atom is 0.302 e. The predicted octanol–water partition coefficient (Wildman–Crippen LogP) is 2.08. The van der Waals surface area contributed by atoms with E-state index < -0.39 is 5.91 Å². The van der Waals surface area contributed by atoms with Gasteiger partial charge in [-0.25, -0.2) is 0 Å². The number of anilines is 1. The van der Waals surface area contributed by atoms with Crippen LogP contribution in [0.2, 0.25) is 0 Å². The van der Waals surface area contributed by atoms with Crippen molar-refractivity contribution in [3.05, 3.63) is 35.5 Å². The first-order valence-corrected chi connectivity index (χ1v) is 9.60. The monoisotopic (exact) mass is 418 g/mol. The van der Waals surface area contributed by atoms with Gasteiger partial charge in [0.1, 0.15) is 11.5 Å². The van der Waals surface area contributed by atoms with Gasteiger partial charge < -0.3 is 25.4 Å². The first-order valence-electron chi connectivity index (χ1n) is 9.60. The van der Waals surface area contributed by atoms with Gasteiger partial charge in [0.25, 0.3) is 5.91 Å². The number of esters is 1. The van der Waals surface area contributed by atoms with Gasteiger partial charge in [0.2, 0.25) is 6.41 Å². The van der Waals surface area contributed by atoms with Crippen molar-refractivity contribution in [1.29, 1.82) is 5.41 Å². The summed E-state index contributed by atoms with van der Waals surface area (Å²) >= 11 is 0. The second-order valence-corrected chi connectivity index (χ2v) is 6.63. The number of carbonyl (C=O) groups is 3. The Bertz CT molecular complexity index is 774. The van der Waals surface area contributed by atoms with Crippen LogP contribution in [0.4, 0.5) is 5.69 Å². The minimum atomic E-state index is -0.833. The molecule has 1 aromatic carbocycles. The Kier molecular flexibility index (Phi) is 10.7. The van der Waals surface area contributed by atoms with Gasteiger partial charge in [-0.2, -0.15) is 0 Å². The predicted molar refractivity (Wildman–Crippen MR) is 114 cm³/mol. The fourth-order valence-corrected chi connectivity index (χ4v) is 2.72. The Morgan fingerprint density at radius 3 is 2.37 bits per heavy atom. The molecule has 30 heavy (non-hydrogen) atoms. The number of rotatable bonds is 14. The van der Waals surface area contributed by atoms with Crippen LogP contribution in [0.5, 0.6) is 5.75 Å². The summed E-state index contributed by atoms with van der Waals surface area (Å²) in [7, 11) is 1.58. The van der Waals surface area contributed by atoms with Gasteiger partial charge in [0, 0.05) is 37.0 Å². The summed E-state index contributed by atoms with van der Waals surface area (Å²) in [6, 6.07) is 7.21. The van der Waals surface area contributed by atoms with Crippen LogP contribution >= 0.6 is 0 Å². The molecule has 0 heterocycles. The van der Waals surface area contributed by atoms with Gasteiger partial charge in [-0.1, -0.05) is 0 Å². The third kappa shape index (κ3) is 8.76. The maximum absolute atomic E-state index is 11.6. The maximum atomic E-state index is 11.6. The fraction of sp³-hybridized carbons (Fsp3) is 0.429. The highest BCUT2D eigenvalue weighted by molar-refractivity contribution is 6.43. The van der Waals surface area contributed by atoms with E-state index in [1.54, 1.807) is 31.1 Å². The van der Waals surface area contributed by atoms with E-state index in [4.69, 9.17) is 20.6 Å². The molecule has 1 rings (SSSR count). The van der Waals surface area contributed by atoms with Crippen molar-refractivity contribution in [3.63, 3.8) is 0 Å². The molecule has 164 valence electrons. The molecule has 0 saturated carbocycles. The topological polar surface area (TPSA) is 135 Å². The molecule has 0 unspecified atom stereocenters. The molecule has 0 bridgehead atoms. The second-order valence-electron chi connectivity index (χ2n) is 6.63. The van der Waals surface area contributed by atoms with E-state index in [2.05, 4.69) is 5.32 Å². The van der Waals surface area contributed by atoms with Crippen LogP contribution < -0.4 is 15.8 Å². The Hall–Kier alpha value is -3.36. The van der Waals surface area contributed by atoms with Crippen molar-refractivity contribution < 1.29 is 23.9 Å². The summed E-state index contributed by atoms with van der Waals surface area (Å²) < 4.78 is 10.00. The summed E-state index contributed by atoms with van der Waals surface area (Å²) in [5.41, 5.74) is 6.82. The highest BCUT2D eigenvalue weighted by Gasteiger charge is 2.16. The number of benzene rings is 1. The van der Waals surface area contributed by atoms with Crippen LogP contribution in [0.3, 0.4) is 0 Å². The molecule has 2 amide bonds. The quantitative estimate of drug-likeness (QED) is 0.183. The Balaban J connectivity index is 2.77. The van der Waals surface area contributed by atoms with E-state index in [-0.39, 0.29) is 11.7 Å². The van der Waals surface area contributed by atoms with E-state index in [0.717, 1.165) is 12.1 Å². The summed E-state index contributed by atoms with van der Waals surface area (Å²) in [4.78, 5) is 35.3. The molecular weight excluding hydrogens is 388 g/mol. The van der Waals surface area contributed by atoms with Gasteiger partial charge in [-0.3, -0.25) is 19.8 Å². The lowest BCUT2D eigenvalue weighted by Crippen LogP contribution is -2.30. The molecule has 0 saturated heterocycles. The normalized spacial score (nSPS) is 11.2. The zero-order valence-electron chi connectivity index (χ0n) is 17.7. The van der Waals surface area contributed by atoms with E-state index in [1.807, 2.05) is 12.1 Å². The van der Waals surface area contributed by atoms with Gasteiger partial charge in [0.15, 0.2) is 0 Å². The minimum Gasteiger partial charge on any atom is -0.497 e. The number of nitrogens with two attached hydrogens (primary N) is 1. The van der Waals surface area contributed by atoms with Crippen molar-refractivity contribution in [2.24, 2.45) is 5.73 Å². The number of hydrogen-bond donors (Lipinski definition) is 3. The fourth-order valence-electron chi connectivity index (χ4n) is 2.72. The smallest absolute Gasteiger partial charge is 0.302 e. The minimum absolute atomic E-state index is 0.291. The van der Waals surface area contributed by atoms with Crippen LogP contribution in [-0.4, -0.2) is 55.7 Å². The lowest BCUT2D eigenvalue weighted by Gasteiger charge is -2.20. The summed E-state index contributed by atoms with van der Waals surface area (Å²) in [6.07, 6.45) is 2.33. The first kappa shape index (κ1) is 24.7. The molecule has 0 spiro atoms. The van der Waals surface area contributed by atoms with E-state index in [9.17, 15) is 14.4 Å². The number of nitrogens with zero attached hydrogens (tertiary/aromatic N) is 1. The Labute approximate surface area is 176 Å². The molecule has 0 fully saturated rings. The number of carbonyl (C=O) groups excluding carboxylic acids is 3. The average molecular weight is 418 g/mol. The SMILES string of the molecule is COc1ccc(N/C(C)=C(/CCN(C=O)CCCCOC(C)=O)C(=N)C(N)=O)cc1. The Morgan fingerprint density at radius 2 is 1.83 bits per heavy atom. The number of methoxy groups -OCH3 is 1. The lowest BCUT2D eigenvalue weighted by atomic mass is 10.0. The third-order valence-corrected chi connectivity index (χ3v) is 4.37. The molecule has 0 aliphatic heterocycles. The summed E-state index contributed by atoms with van der Waals surface area (Å²) in [5.74, 6) is -0.454. The molecule has 1 aromatic rings. The van der Waals surface area contributed by atoms with Gasteiger partial charge >= 0.3 is 5.97 Å². The van der Waals surface area contributed by atoms with Crippen LogP contribution in [0.1, 0.15) is 33.1 Å². The third-order valence-electron chi connectivity index (χ3n) is 4.37. The zero-order chi connectivity index (χ0) is 22.5. The second kappa shape index (κ2) is 13.0. The van der Waals surface area contributed by atoms with Gasteiger partial charge in [-0.05, 0) is 50.5 Å². The van der Waals surface area contributed by atoms with Gasteiger partial charge in [-0.15, -0.1) is 0 Å². The number of amides is 2. The van der Waals surface area contributed by atoms with Crippen molar-refractivity contribution in [2.45, 2.75) is 33.1 Å². The molecule has 0 aromatic heterocycles. The number of unbranched alkanes of at least 4 members (excludes halogenated alkanes) is 1. The molecule has 0 atom stereocenters. The van der Waals surface area contributed by atoms with Crippen LogP contribution in [0, 0.1) is 5.41 Å². The van der Waals surface area contributed by atoms with Crippen LogP contribution in [0.25, 0.3) is 0 Å². The molecule has 4 N–H and O–H groups in total. The van der Waals surface area contributed by atoms with Crippen molar-refractivity contribution in [3.8, 4) is 5.75 Å². The average Bonchev–Trinajstić information content (AvgIpc) is 2.72. The number of allylic oxidation sites excluding steroid dienone is 1. The van der Waals surface area contributed by atoms with E-state index >= 15 is 0 Å².